The average molecular weight is 1290 g/mol. The van der Waals surface area contributed by atoms with Gasteiger partial charge in [0.2, 0.25) is 5.91 Å². The molecule has 1 amide bonds. The van der Waals surface area contributed by atoms with Gasteiger partial charge in [-0.2, -0.15) is 0 Å². The molecule has 0 aromatic carbocycles. The standard InChI is InChI=1S/C71H133NO18/c1-3-5-7-9-11-13-15-17-19-21-23-24-25-26-27-28-29-30-31-32-34-36-38-40-42-44-46-48-55(76)54(72-59(77)49-47-45-43-41-39-37-35-33-22-20-18-16-14-12-10-8-6-4-2)53-85-69-65(83)62(80)67(57(51-74)87-69)90-71-66(84)63(81)68(58(52-75)88-71)89-70-64(82)61(79)60(78)56(50-73)86-70/h14,16,20,22,54-58,60-71,73-76,78-84H,3-13,15,17-19,21,23-53H2,1-2H3,(H,72,77)/b16-14-,22-20-. The van der Waals surface area contributed by atoms with Gasteiger partial charge in [0.05, 0.1) is 38.6 Å². The van der Waals surface area contributed by atoms with Gasteiger partial charge in [0.15, 0.2) is 18.9 Å². The first-order valence-electron chi connectivity index (χ1n) is 36.6. The number of allylic oxidation sites excluding steroid dienone is 4. The van der Waals surface area contributed by atoms with Crippen LogP contribution in [0.25, 0.3) is 0 Å². The van der Waals surface area contributed by atoms with Crippen molar-refractivity contribution >= 4 is 5.91 Å². The molecule has 3 heterocycles. The minimum absolute atomic E-state index is 0.247. The molecule has 12 N–H and O–H groups in total. The maximum Gasteiger partial charge on any atom is 0.220 e. The van der Waals surface area contributed by atoms with Crippen molar-refractivity contribution in [3.8, 4) is 0 Å². The van der Waals surface area contributed by atoms with Crippen molar-refractivity contribution in [2.24, 2.45) is 0 Å². The zero-order valence-electron chi connectivity index (χ0n) is 56.1. The Morgan fingerprint density at radius 1 is 0.400 bits per heavy atom. The smallest absolute Gasteiger partial charge is 0.220 e. The van der Waals surface area contributed by atoms with E-state index in [1.807, 2.05) is 0 Å². The molecule has 0 aliphatic carbocycles. The zero-order chi connectivity index (χ0) is 65.4. The second-order valence-electron chi connectivity index (χ2n) is 26.4. The van der Waals surface area contributed by atoms with Gasteiger partial charge in [0, 0.05) is 6.42 Å². The van der Waals surface area contributed by atoms with Gasteiger partial charge in [-0.15, -0.1) is 0 Å². The predicted octanol–water partition coefficient (Wildman–Crippen LogP) is 10.2. The molecule has 3 aliphatic heterocycles. The third kappa shape index (κ3) is 34.8. The van der Waals surface area contributed by atoms with Crippen LogP contribution in [0.5, 0.6) is 0 Å². The largest absolute Gasteiger partial charge is 0.394 e. The quantitative estimate of drug-likeness (QED) is 0.0199. The van der Waals surface area contributed by atoms with Crippen LogP contribution in [0.4, 0.5) is 0 Å². The number of rotatable bonds is 57. The van der Waals surface area contributed by atoms with Gasteiger partial charge >= 0.3 is 0 Å². The maximum atomic E-state index is 13.4. The average Bonchev–Trinajstić information content (AvgIpc) is 0.847. The molecule has 3 rings (SSSR count). The van der Waals surface area contributed by atoms with Crippen molar-refractivity contribution in [1.29, 1.82) is 0 Å². The fourth-order valence-corrected chi connectivity index (χ4v) is 12.6. The maximum absolute atomic E-state index is 13.4. The fraction of sp³-hybridized carbons (Fsp3) is 0.930. The summed E-state index contributed by atoms with van der Waals surface area (Å²) in [5.74, 6) is -0.247. The lowest BCUT2D eigenvalue weighted by molar-refractivity contribution is -0.379. The van der Waals surface area contributed by atoms with Crippen LogP contribution < -0.4 is 5.32 Å². The van der Waals surface area contributed by atoms with Gasteiger partial charge in [-0.1, -0.05) is 263 Å². The highest BCUT2D eigenvalue weighted by Gasteiger charge is 2.53. The van der Waals surface area contributed by atoms with Crippen molar-refractivity contribution in [1.82, 2.24) is 5.32 Å². The number of nitrogens with one attached hydrogen (secondary N) is 1. The molecule has 0 bridgehead atoms. The number of carbonyl (C=O) groups is 1. The van der Waals surface area contributed by atoms with Crippen LogP contribution in [-0.2, 0) is 33.2 Å². The molecule has 19 nitrogen and oxygen atoms in total. The second-order valence-corrected chi connectivity index (χ2v) is 26.4. The molecule has 0 spiro atoms. The van der Waals surface area contributed by atoms with E-state index in [-0.39, 0.29) is 18.9 Å². The number of hydrogen-bond acceptors (Lipinski definition) is 18. The van der Waals surface area contributed by atoms with Crippen LogP contribution in [0, 0.1) is 0 Å². The van der Waals surface area contributed by atoms with Gasteiger partial charge in [-0.25, -0.2) is 0 Å². The van der Waals surface area contributed by atoms with Crippen LogP contribution in [0.15, 0.2) is 24.3 Å². The van der Waals surface area contributed by atoms with Gasteiger partial charge in [0.1, 0.15) is 73.2 Å². The number of carbonyl (C=O) groups excluding carboxylic acids is 1. The SMILES string of the molecule is CCCCCC/C=C\C/C=C\CCCCCCCCCC(=O)NC(COC1OC(CO)C(OC2OC(CO)C(OC3OC(CO)C(O)C(O)C3O)C(O)C2O)C(O)C1O)C(O)CCCCCCCCCCCCCCCCCCCCCCCCCCCCC. The summed E-state index contributed by atoms with van der Waals surface area (Å²) in [7, 11) is 0. The zero-order valence-corrected chi connectivity index (χ0v) is 56.1. The van der Waals surface area contributed by atoms with Gasteiger partial charge in [0.25, 0.3) is 0 Å². The molecule has 0 radical (unpaired) electrons. The lowest BCUT2D eigenvalue weighted by atomic mass is 9.96. The predicted molar refractivity (Wildman–Crippen MR) is 351 cm³/mol. The van der Waals surface area contributed by atoms with E-state index in [0.717, 1.165) is 70.6 Å². The van der Waals surface area contributed by atoms with Crippen molar-refractivity contribution in [2.75, 3.05) is 26.4 Å². The van der Waals surface area contributed by atoms with Gasteiger partial charge < -0.3 is 89.9 Å². The Kier molecular flexibility index (Phi) is 49.0. The molecule has 0 aromatic rings. The Morgan fingerprint density at radius 3 is 1.14 bits per heavy atom. The van der Waals surface area contributed by atoms with E-state index in [2.05, 4.69) is 43.5 Å². The summed E-state index contributed by atoms with van der Waals surface area (Å²) in [4.78, 5) is 13.4. The van der Waals surface area contributed by atoms with Gasteiger partial charge in [-0.3, -0.25) is 4.79 Å². The summed E-state index contributed by atoms with van der Waals surface area (Å²) in [6.07, 6.45) is 34.0. The first-order chi connectivity index (χ1) is 43.8. The van der Waals surface area contributed by atoms with Crippen LogP contribution in [0.1, 0.15) is 290 Å². The lowest BCUT2D eigenvalue weighted by Crippen LogP contribution is -2.66. The molecule has 17 atom stereocenters. The minimum Gasteiger partial charge on any atom is -0.394 e. The van der Waals surface area contributed by atoms with E-state index in [4.69, 9.17) is 28.4 Å². The monoisotopic (exact) mass is 1290 g/mol. The van der Waals surface area contributed by atoms with Crippen molar-refractivity contribution in [2.45, 2.75) is 394 Å². The Balaban J connectivity index is 1.40. The van der Waals surface area contributed by atoms with Crippen LogP contribution in [-0.4, -0.2) is 193 Å². The molecular formula is C71H133NO18. The summed E-state index contributed by atoms with van der Waals surface area (Å²) in [6, 6.07) is -0.891. The number of hydrogen-bond donors (Lipinski definition) is 12. The first-order valence-corrected chi connectivity index (χ1v) is 36.6. The molecular weight excluding hydrogens is 1150 g/mol. The van der Waals surface area contributed by atoms with E-state index < -0.39 is 124 Å². The van der Waals surface area contributed by atoms with Gasteiger partial charge in [-0.05, 0) is 44.9 Å². The summed E-state index contributed by atoms with van der Waals surface area (Å²) in [6.45, 7) is 1.81. The van der Waals surface area contributed by atoms with E-state index >= 15 is 0 Å². The topological polar surface area (TPSA) is 307 Å². The summed E-state index contributed by atoms with van der Waals surface area (Å²) in [5, 5.41) is 121. The fourth-order valence-electron chi connectivity index (χ4n) is 12.6. The van der Waals surface area contributed by atoms with E-state index in [1.54, 1.807) is 0 Å². The van der Waals surface area contributed by atoms with Crippen molar-refractivity contribution in [3.05, 3.63) is 24.3 Å². The van der Waals surface area contributed by atoms with Crippen LogP contribution in [0.3, 0.4) is 0 Å². The van der Waals surface area contributed by atoms with E-state index in [0.29, 0.717) is 12.8 Å². The number of amides is 1. The Hall–Kier alpha value is -1.73. The first kappa shape index (κ1) is 82.5. The Morgan fingerprint density at radius 2 is 0.733 bits per heavy atom. The number of ether oxygens (including phenoxy) is 6. The molecule has 17 unspecified atom stereocenters. The number of aliphatic hydroxyl groups excluding tert-OH is 11. The number of unbranched alkanes of at least 4 members (excludes halogenated alkanes) is 37. The molecule has 3 aliphatic rings. The lowest BCUT2D eigenvalue weighted by Gasteiger charge is -2.48. The number of aliphatic hydroxyl groups is 11. The Bertz CT molecular complexity index is 1730. The molecule has 3 fully saturated rings. The third-order valence-corrected chi connectivity index (χ3v) is 18.5. The highest BCUT2D eigenvalue weighted by atomic mass is 16.8. The molecule has 0 aromatic heterocycles. The Labute approximate surface area is 543 Å². The molecule has 530 valence electrons. The highest BCUT2D eigenvalue weighted by Crippen LogP contribution is 2.33. The van der Waals surface area contributed by atoms with Crippen molar-refractivity contribution in [3.63, 3.8) is 0 Å². The summed E-state index contributed by atoms with van der Waals surface area (Å²) in [5.41, 5.74) is 0. The van der Waals surface area contributed by atoms with Crippen LogP contribution in [0.2, 0.25) is 0 Å². The van der Waals surface area contributed by atoms with E-state index in [9.17, 15) is 61.0 Å². The van der Waals surface area contributed by atoms with E-state index in [1.165, 1.54) is 186 Å². The second kappa shape index (κ2) is 53.4. The normalized spacial score (nSPS) is 28.1. The third-order valence-electron chi connectivity index (χ3n) is 18.5. The summed E-state index contributed by atoms with van der Waals surface area (Å²) >= 11 is 0. The molecule has 19 heteroatoms. The minimum atomic E-state index is -1.97. The summed E-state index contributed by atoms with van der Waals surface area (Å²) < 4.78 is 34.4. The molecule has 0 saturated carbocycles. The highest BCUT2D eigenvalue weighted by molar-refractivity contribution is 5.76. The van der Waals surface area contributed by atoms with Crippen molar-refractivity contribution < 1.29 is 89.4 Å². The molecule has 3 saturated heterocycles. The molecule has 90 heavy (non-hydrogen) atoms. The van der Waals surface area contributed by atoms with Crippen LogP contribution >= 0.6 is 0 Å².